The predicted molar refractivity (Wildman–Crippen MR) is 74.6 cm³/mol. The van der Waals surface area contributed by atoms with E-state index in [1.807, 2.05) is 0 Å². The first kappa shape index (κ1) is 14.3. The number of nitrogens with zero attached hydrogens (tertiary/aromatic N) is 2. The Morgan fingerprint density at radius 2 is 1.95 bits per heavy atom. The summed E-state index contributed by atoms with van der Waals surface area (Å²) in [6.45, 7) is 0. The number of nitro groups is 1. The average Bonchev–Trinajstić information content (AvgIpc) is 2.47. The van der Waals surface area contributed by atoms with Crippen LogP contribution in [0.5, 0.6) is 0 Å². The molecule has 0 aromatic heterocycles. The second-order valence-electron chi connectivity index (χ2n) is 4.06. The molecule has 2 aromatic rings. The molecule has 0 atom stereocenters. The first-order valence-electron chi connectivity index (χ1n) is 5.90. The number of hydrazone groups is 1. The van der Waals surface area contributed by atoms with E-state index < -0.39 is 16.6 Å². The smallest absolute Gasteiger partial charge is 0.267 e. The molecule has 0 spiro atoms. The van der Waals surface area contributed by atoms with E-state index in [4.69, 9.17) is 0 Å². The van der Waals surface area contributed by atoms with E-state index in [1.54, 1.807) is 0 Å². The molecule has 0 aliphatic heterocycles. The Balaban J connectivity index is 1.99. The van der Waals surface area contributed by atoms with Crippen LogP contribution in [-0.2, 0) is 0 Å². The number of carbonyl (C=O) groups excluding carboxylic acids is 1. The molecule has 2 aromatic carbocycles. The van der Waals surface area contributed by atoms with Crippen LogP contribution in [-0.4, -0.2) is 17.0 Å². The number of hydrogen-bond acceptors (Lipinski definition) is 4. The molecule has 106 valence electrons. The molecule has 2 rings (SSSR count). The normalized spacial score (nSPS) is 10.5. The van der Waals surface area contributed by atoms with Crippen LogP contribution < -0.4 is 5.43 Å². The number of amides is 1. The highest BCUT2D eigenvalue weighted by Crippen LogP contribution is 2.10. The monoisotopic (exact) mass is 287 g/mol. The minimum absolute atomic E-state index is 0.0315. The van der Waals surface area contributed by atoms with Crippen molar-refractivity contribution in [2.24, 2.45) is 5.10 Å². The van der Waals surface area contributed by atoms with Gasteiger partial charge in [-0.25, -0.2) is 9.82 Å². The molecule has 1 N–H and O–H groups in total. The van der Waals surface area contributed by atoms with Crippen molar-refractivity contribution in [2.75, 3.05) is 0 Å². The summed E-state index contributed by atoms with van der Waals surface area (Å²) in [6.07, 6.45) is 1.33. The maximum Gasteiger partial charge on any atom is 0.271 e. The van der Waals surface area contributed by atoms with E-state index >= 15 is 0 Å². The second-order valence-corrected chi connectivity index (χ2v) is 4.06. The van der Waals surface area contributed by atoms with Crippen LogP contribution in [0, 0.1) is 15.9 Å². The van der Waals surface area contributed by atoms with E-state index in [1.165, 1.54) is 48.7 Å². The van der Waals surface area contributed by atoms with Crippen molar-refractivity contribution < 1.29 is 14.1 Å². The maximum absolute atomic E-state index is 12.9. The van der Waals surface area contributed by atoms with Gasteiger partial charge in [-0.1, -0.05) is 6.07 Å². The maximum atomic E-state index is 12.9. The topological polar surface area (TPSA) is 84.6 Å². The average molecular weight is 287 g/mol. The van der Waals surface area contributed by atoms with Crippen LogP contribution in [0.3, 0.4) is 0 Å². The summed E-state index contributed by atoms with van der Waals surface area (Å²) in [5, 5.41) is 14.2. The zero-order valence-corrected chi connectivity index (χ0v) is 10.7. The summed E-state index contributed by atoms with van der Waals surface area (Å²) < 4.78 is 12.9. The highest BCUT2D eigenvalue weighted by Gasteiger charge is 2.05. The zero-order chi connectivity index (χ0) is 15.2. The van der Waals surface area contributed by atoms with Crippen LogP contribution in [0.1, 0.15) is 15.9 Å². The largest absolute Gasteiger partial charge is 0.271 e. The summed E-state index contributed by atoms with van der Waals surface area (Å²) in [5.74, 6) is -1.06. The quantitative estimate of drug-likeness (QED) is 0.532. The SMILES string of the molecule is O=C(N/N=C/c1ccc([N+](=O)[O-])cc1)c1cccc(F)c1. The Morgan fingerprint density at radius 3 is 2.57 bits per heavy atom. The summed E-state index contributed by atoms with van der Waals surface area (Å²) in [4.78, 5) is 21.6. The van der Waals surface area contributed by atoms with Crippen molar-refractivity contribution in [2.45, 2.75) is 0 Å². The molecule has 21 heavy (non-hydrogen) atoms. The second kappa shape index (κ2) is 6.38. The van der Waals surface area contributed by atoms with Gasteiger partial charge < -0.3 is 0 Å². The van der Waals surface area contributed by atoms with Crippen LogP contribution in [0.4, 0.5) is 10.1 Å². The highest BCUT2D eigenvalue weighted by molar-refractivity contribution is 5.94. The Morgan fingerprint density at radius 1 is 1.24 bits per heavy atom. The molecule has 0 saturated heterocycles. The van der Waals surface area contributed by atoms with Crippen LogP contribution in [0.2, 0.25) is 0 Å². The third kappa shape index (κ3) is 3.93. The number of carbonyl (C=O) groups is 1. The van der Waals surface area contributed by atoms with Crippen molar-refractivity contribution in [1.29, 1.82) is 0 Å². The van der Waals surface area contributed by atoms with Crippen molar-refractivity contribution in [3.8, 4) is 0 Å². The molecule has 6 nitrogen and oxygen atoms in total. The van der Waals surface area contributed by atoms with Gasteiger partial charge in [0, 0.05) is 17.7 Å². The predicted octanol–water partition coefficient (Wildman–Crippen LogP) is 2.50. The van der Waals surface area contributed by atoms with Crippen molar-refractivity contribution in [3.63, 3.8) is 0 Å². The van der Waals surface area contributed by atoms with E-state index in [2.05, 4.69) is 10.5 Å². The molecular formula is C14H10FN3O3. The first-order chi connectivity index (χ1) is 10.1. The molecule has 0 fully saturated rings. The summed E-state index contributed by atoms with van der Waals surface area (Å²) >= 11 is 0. The minimum Gasteiger partial charge on any atom is -0.267 e. The number of nitro benzene ring substituents is 1. The lowest BCUT2D eigenvalue weighted by molar-refractivity contribution is -0.384. The summed E-state index contributed by atoms with van der Waals surface area (Å²) in [5.41, 5.74) is 2.94. The van der Waals surface area contributed by atoms with Gasteiger partial charge in [0.05, 0.1) is 11.1 Å². The van der Waals surface area contributed by atoms with Crippen molar-refractivity contribution in [3.05, 3.63) is 75.6 Å². The molecular weight excluding hydrogens is 277 g/mol. The third-order valence-electron chi connectivity index (χ3n) is 2.57. The van der Waals surface area contributed by atoms with Crippen molar-refractivity contribution in [1.82, 2.24) is 5.43 Å². The molecule has 1 amide bonds. The van der Waals surface area contributed by atoms with E-state index in [-0.39, 0.29) is 11.3 Å². The number of halogens is 1. The first-order valence-corrected chi connectivity index (χ1v) is 5.90. The molecule has 0 unspecified atom stereocenters. The number of hydrogen-bond donors (Lipinski definition) is 1. The van der Waals surface area contributed by atoms with Gasteiger partial charge in [0.25, 0.3) is 11.6 Å². The molecule has 0 aliphatic rings. The van der Waals surface area contributed by atoms with Crippen LogP contribution >= 0.6 is 0 Å². The Bertz CT molecular complexity index is 699. The van der Waals surface area contributed by atoms with Gasteiger partial charge in [-0.05, 0) is 35.9 Å². The standard InChI is InChI=1S/C14H10FN3O3/c15-12-3-1-2-11(8-12)14(19)17-16-9-10-4-6-13(7-5-10)18(20)21/h1-9H,(H,17,19)/b16-9+. The lowest BCUT2D eigenvalue weighted by Crippen LogP contribution is -2.17. The van der Waals surface area contributed by atoms with Crippen LogP contribution in [0.25, 0.3) is 0 Å². The Kier molecular flexibility index (Phi) is 4.35. The fourth-order valence-corrected chi connectivity index (χ4v) is 1.54. The number of rotatable bonds is 4. The molecule has 0 bridgehead atoms. The fourth-order valence-electron chi connectivity index (χ4n) is 1.54. The lowest BCUT2D eigenvalue weighted by atomic mass is 10.2. The van der Waals surface area contributed by atoms with E-state index in [9.17, 15) is 19.3 Å². The van der Waals surface area contributed by atoms with Gasteiger partial charge in [-0.3, -0.25) is 14.9 Å². The molecule has 0 saturated carbocycles. The Labute approximate surface area is 119 Å². The summed E-state index contributed by atoms with van der Waals surface area (Å²) in [6, 6.07) is 10.9. The Hall–Kier alpha value is -3.09. The van der Waals surface area contributed by atoms with Gasteiger partial charge in [0.15, 0.2) is 0 Å². The van der Waals surface area contributed by atoms with Gasteiger partial charge >= 0.3 is 0 Å². The van der Waals surface area contributed by atoms with Gasteiger partial charge in [0.2, 0.25) is 0 Å². The fraction of sp³-hybridized carbons (Fsp3) is 0. The van der Waals surface area contributed by atoms with Crippen molar-refractivity contribution >= 4 is 17.8 Å². The van der Waals surface area contributed by atoms with Gasteiger partial charge in [-0.15, -0.1) is 0 Å². The minimum atomic E-state index is -0.548. The molecule has 0 radical (unpaired) electrons. The van der Waals surface area contributed by atoms with Gasteiger partial charge in [0.1, 0.15) is 5.82 Å². The summed E-state index contributed by atoms with van der Waals surface area (Å²) in [7, 11) is 0. The third-order valence-corrected chi connectivity index (χ3v) is 2.57. The lowest BCUT2D eigenvalue weighted by Gasteiger charge is -1.99. The van der Waals surface area contributed by atoms with Crippen LogP contribution in [0.15, 0.2) is 53.6 Å². The number of benzene rings is 2. The molecule has 7 heteroatoms. The molecule has 0 heterocycles. The molecule has 0 aliphatic carbocycles. The number of non-ortho nitro benzene ring substituents is 1. The number of nitrogens with one attached hydrogen (secondary N) is 1. The van der Waals surface area contributed by atoms with E-state index in [0.717, 1.165) is 6.07 Å². The van der Waals surface area contributed by atoms with Gasteiger partial charge in [-0.2, -0.15) is 5.10 Å². The zero-order valence-electron chi connectivity index (χ0n) is 10.7. The van der Waals surface area contributed by atoms with E-state index in [0.29, 0.717) is 5.56 Å². The highest BCUT2D eigenvalue weighted by atomic mass is 19.1.